The number of nitrogens with zero attached hydrogens (tertiary/aromatic N) is 1. The van der Waals surface area contributed by atoms with Crippen molar-refractivity contribution in [3.8, 4) is 0 Å². The molecule has 1 unspecified atom stereocenters. The first-order chi connectivity index (χ1) is 6.24. The molecular formula is C10H18N2S. The Balaban J connectivity index is 2.35. The van der Waals surface area contributed by atoms with E-state index >= 15 is 0 Å². The minimum Gasteiger partial charge on any atom is -0.309 e. The van der Waals surface area contributed by atoms with Crippen molar-refractivity contribution in [2.24, 2.45) is 0 Å². The molecule has 0 aliphatic carbocycles. The minimum absolute atomic E-state index is 0.456. The summed E-state index contributed by atoms with van der Waals surface area (Å²) in [4.78, 5) is 5.59. The van der Waals surface area contributed by atoms with Crippen LogP contribution in [-0.4, -0.2) is 11.5 Å². The van der Waals surface area contributed by atoms with E-state index in [4.69, 9.17) is 0 Å². The van der Waals surface area contributed by atoms with Crippen molar-refractivity contribution >= 4 is 11.3 Å². The second kappa shape index (κ2) is 5.35. The number of hydrogen-bond donors (Lipinski definition) is 1. The van der Waals surface area contributed by atoms with E-state index < -0.39 is 0 Å². The van der Waals surface area contributed by atoms with Gasteiger partial charge in [0.2, 0.25) is 0 Å². The van der Waals surface area contributed by atoms with E-state index in [2.05, 4.69) is 24.1 Å². The molecule has 2 nitrogen and oxygen atoms in total. The molecule has 0 fully saturated rings. The van der Waals surface area contributed by atoms with Gasteiger partial charge in [0, 0.05) is 17.1 Å². The Morgan fingerprint density at radius 1 is 1.62 bits per heavy atom. The Labute approximate surface area is 84.4 Å². The van der Waals surface area contributed by atoms with Gasteiger partial charge in [0.25, 0.3) is 0 Å². The molecule has 1 aromatic heterocycles. The smallest absolute Gasteiger partial charge is 0.0897 e. The summed E-state index contributed by atoms with van der Waals surface area (Å²) in [6.07, 6.45) is 4.48. The van der Waals surface area contributed by atoms with Crippen LogP contribution in [0.4, 0.5) is 0 Å². The average Bonchev–Trinajstić information content (AvgIpc) is 2.52. The number of aromatic nitrogens is 1. The summed E-state index contributed by atoms with van der Waals surface area (Å²) in [5.41, 5.74) is 0. The first kappa shape index (κ1) is 10.7. The molecule has 0 saturated heterocycles. The molecule has 3 heteroatoms. The lowest BCUT2D eigenvalue weighted by atomic mass is 10.2. The van der Waals surface area contributed by atoms with Crippen LogP contribution in [-0.2, 0) is 0 Å². The number of nitrogens with one attached hydrogen (secondary N) is 1. The average molecular weight is 198 g/mol. The molecule has 0 radical (unpaired) electrons. The van der Waals surface area contributed by atoms with Crippen molar-refractivity contribution in [1.29, 1.82) is 0 Å². The Kier molecular flexibility index (Phi) is 4.39. The Hall–Kier alpha value is -0.410. The third kappa shape index (κ3) is 3.44. The van der Waals surface area contributed by atoms with E-state index in [0.717, 1.165) is 11.6 Å². The highest BCUT2D eigenvalue weighted by atomic mass is 32.1. The fourth-order valence-electron chi connectivity index (χ4n) is 1.17. The molecule has 74 valence electrons. The molecule has 0 bridgehead atoms. The molecule has 1 N–H and O–H groups in total. The van der Waals surface area contributed by atoms with Gasteiger partial charge in [-0.05, 0) is 26.8 Å². The van der Waals surface area contributed by atoms with Crippen LogP contribution in [0, 0.1) is 6.92 Å². The van der Waals surface area contributed by atoms with E-state index in [0.29, 0.717) is 6.04 Å². The maximum absolute atomic E-state index is 4.24. The van der Waals surface area contributed by atoms with Gasteiger partial charge in [0.05, 0.1) is 5.01 Å². The molecule has 0 aromatic carbocycles. The summed E-state index contributed by atoms with van der Waals surface area (Å²) in [7, 11) is 0. The normalized spacial score (nSPS) is 13.2. The van der Waals surface area contributed by atoms with Crippen LogP contribution < -0.4 is 5.32 Å². The van der Waals surface area contributed by atoms with Crippen molar-refractivity contribution < 1.29 is 0 Å². The van der Waals surface area contributed by atoms with E-state index in [1.54, 1.807) is 11.3 Å². The van der Waals surface area contributed by atoms with Gasteiger partial charge in [0.1, 0.15) is 0 Å². The van der Waals surface area contributed by atoms with Gasteiger partial charge in [-0.3, -0.25) is 0 Å². The van der Waals surface area contributed by atoms with E-state index in [9.17, 15) is 0 Å². The van der Waals surface area contributed by atoms with Gasteiger partial charge in [-0.25, -0.2) is 4.98 Å². The number of hydrogen-bond acceptors (Lipinski definition) is 3. The van der Waals surface area contributed by atoms with E-state index in [1.807, 2.05) is 13.1 Å². The predicted octanol–water partition coefficient (Wildman–Crippen LogP) is 2.90. The molecule has 0 spiro atoms. The van der Waals surface area contributed by atoms with Crippen LogP contribution in [0.25, 0.3) is 0 Å². The first-order valence-electron chi connectivity index (χ1n) is 4.89. The third-order valence-corrected chi connectivity index (χ3v) is 3.14. The SMILES string of the molecule is CCCCNC(C)c1cnc(C)s1. The Bertz CT molecular complexity index is 245. The fourth-order valence-corrected chi connectivity index (χ4v) is 1.99. The van der Waals surface area contributed by atoms with Crippen LogP contribution in [0.2, 0.25) is 0 Å². The Morgan fingerprint density at radius 3 is 2.92 bits per heavy atom. The van der Waals surface area contributed by atoms with E-state index in [1.165, 1.54) is 17.7 Å². The van der Waals surface area contributed by atoms with Crippen molar-refractivity contribution in [3.63, 3.8) is 0 Å². The zero-order chi connectivity index (χ0) is 9.68. The first-order valence-corrected chi connectivity index (χ1v) is 5.71. The number of aryl methyl sites for hydroxylation is 1. The lowest BCUT2D eigenvalue weighted by Crippen LogP contribution is -2.18. The molecule has 13 heavy (non-hydrogen) atoms. The van der Waals surface area contributed by atoms with Crippen molar-refractivity contribution in [3.05, 3.63) is 16.1 Å². The highest BCUT2D eigenvalue weighted by molar-refractivity contribution is 7.11. The third-order valence-electron chi connectivity index (χ3n) is 2.05. The van der Waals surface area contributed by atoms with Crippen molar-refractivity contribution in [2.45, 2.75) is 39.7 Å². The quantitative estimate of drug-likeness (QED) is 0.736. The lowest BCUT2D eigenvalue weighted by molar-refractivity contribution is 0.560. The second-order valence-electron chi connectivity index (χ2n) is 3.31. The lowest BCUT2D eigenvalue weighted by Gasteiger charge is -2.10. The maximum Gasteiger partial charge on any atom is 0.0897 e. The van der Waals surface area contributed by atoms with Gasteiger partial charge in [-0.1, -0.05) is 13.3 Å². The second-order valence-corrected chi connectivity index (χ2v) is 4.58. The van der Waals surface area contributed by atoms with Crippen molar-refractivity contribution in [1.82, 2.24) is 10.3 Å². The van der Waals surface area contributed by atoms with Crippen molar-refractivity contribution in [2.75, 3.05) is 6.54 Å². The van der Waals surface area contributed by atoms with Crippen LogP contribution in [0.15, 0.2) is 6.20 Å². The summed E-state index contributed by atoms with van der Waals surface area (Å²) in [6.45, 7) is 7.56. The topological polar surface area (TPSA) is 24.9 Å². The Morgan fingerprint density at radius 2 is 2.38 bits per heavy atom. The number of unbranched alkanes of at least 4 members (excludes halogenated alkanes) is 1. The summed E-state index contributed by atoms with van der Waals surface area (Å²) in [5, 5.41) is 4.64. The van der Waals surface area contributed by atoms with Crippen LogP contribution in [0.3, 0.4) is 0 Å². The molecule has 1 heterocycles. The predicted molar refractivity (Wildman–Crippen MR) is 58.2 cm³/mol. The highest BCUT2D eigenvalue weighted by Gasteiger charge is 2.06. The summed E-state index contributed by atoms with van der Waals surface area (Å²) in [5.74, 6) is 0. The van der Waals surface area contributed by atoms with Gasteiger partial charge in [-0.15, -0.1) is 11.3 Å². The maximum atomic E-state index is 4.24. The van der Waals surface area contributed by atoms with Gasteiger partial charge in [0.15, 0.2) is 0 Å². The minimum atomic E-state index is 0.456. The van der Waals surface area contributed by atoms with Gasteiger partial charge >= 0.3 is 0 Å². The largest absolute Gasteiger partial charge is 0.309 e. The zero-order valence-corrected chi connectivity index (χ0v) is 9.45. The number of thiazole rings is 1. The summed E-state index contributed by atoms with van der Waals surface area (Å²) in [6, 6.07) is 0.456. The van der Waals surface area contributed by atoms with Crippen LogP contribution in [0.1, 0.15) is 42.6 Å². The molecule has 1 aromatic rings. The summed E-state index contributed by atoms with van der Waals surface area (Å²) < 4.78 is 0. The fraction of sp³-hybridized carbons (Fsp3) is 0.700. The van der Waals surface area contributed by atoms with Gasteiger partial charge in [-0.2, -0.15) is 0 Å². The molecule has 0 aliphatic rings. The summed E-state index contributed by atoms with van der Waals surface area (Å²) >= 11 is 1.78. The number of rotatable bonds is 5. The standard InChI is InChI=1S/C10H18N2S/c1-4-5-6-11-8(2)10-7-12-9(3)13-10/h7-8,11H,4-6H2,1-3H3. The zero-order valence-electron chi connectivity index (χ0n) is 8.63. The molecule has 1 atom stereocenters. The molecule has 0 saturated carbocycles. The van der Waals surface area contributed by atoms with E-state index in [-0.39, 0.29) is 0 Å². The molecule has 0 aliphatic heterocycles. The molecule has 1 rings (SSSR count). The molecular weight excluding hydrogens is 180 g/mol. The molecule has 0 amide bonds. The monoisotopic (exact) mass is 198 g/mol. The van der Waals surface area contributed by atoms with Crippen LogP contribution in [0.5, 0.6) is 0 Å². The van der Waals surface area contributed by atoms with Crippen LogP contribution >= 0.6 is 11.3 Å². The highest BCUT2D eigenvalue weighted by Crippen LogP contribution is 2.19. The van der Waals surface area contributed by atoms with Gasteiger partial charge < -0.3 is 5.32 Å².